The van der Waals surface area contributed by atoms with E-state index >= 15 is 0 Å². The molecule has 24 heavy (non-hydrogen) atoms. The number of nitrogens with zero attached hydrogens (tertiary/aromatic N) is 2. The number of hydrogen-bond donors (Lipinski definition) is 0. The van der Waals surface area contributed by atoms with Crippen molar-refractivity contribution in [3.05, 3.63) is 70.0 Å². The molecule has 0 saturated carbocycles. The molecule has 118 valence electrons. The summed E-state index contributed by atoms with van der Waals surface area (Å²) in [6.07, 6.45) is 8.63. The Morgan fingerprint density at radius 3 is 2.83 bits per heavy atom. The summed E-state index contributed by atoms with van der Waals surface area (Å²) in [4.78, 5) is 16.9. The number of carbonyl (C=O) groups is 1. The normalized spacial score (nSPS) is 11.9. The SMILES string of the molecule is C#CCn1c(=NC(=O)/C=C/c2ccccc2)sc2cc(Cl)ccc21. The van der Waals surface area contributed by atoms with E-state index in [1.165, 1.54) is 17.4 Å². The second-order valence-corrected chi connectivity index (χ2v) is 6.43. The van der Waals surface area contributed by atoms with E-state index in [1.807, 2.05) is 47.0 Å². The monoisotopic (exact) mass is 352 g/mol. The Morgan fingerprint density at radius 1 is 1.29 bits per heavy atom. The maximum atomic E-state index is 12.1. The molecule has 0 N–H and O–H groups in total. The Morgan fingerprint density at radius 2 is 2.08 bits per heavy atom. The number of amides is 1. The first-order valence-electron chi connectivity index (χ1n) is 7.21. The molecule has 0 unspecified atom stereocenters. The number of halogens is 1. The zero-order valence-electron chi connectivity index (χ0n) is 12.6. The Balaban J connectivity index is 2.00. The summed E-state index contributed by atoms with van der Waals surface area (Å²) >= 11 is 7.42. The zero-order valence-corrected chi connectivity index (χ0v) is 14.2. The lowest BCUT2D eigenvalue weighted by atomic mass is 10.2. The van der Waals surface area contributed by atoms with Gasteiger partial charge in [-0.2, -0.15) is 4.99 Å². The molecule has 1 amide bonds. The molecule has 1 aromatic heterocycles. The number of thiazole rings is 1. The summed E-state index contributed by atoms with van der Waals surface area (Å²) < 4.78 is 2.78. The number of fused-ring (bicyclic) bond motifs is 1. The van der Waals surface area contributed by atoms with Crippen LogP contribution in [0.3, 0.4) is 0 Å². The molecule has 0 atom stereocenters. The van der Waals surface area contributed by atoms with E-state index < -0.39 is 0 Å². The molecule has 0 radical (unpaired) electrons. The van der Waals surface area contributed by atoms with Gasteiger partial charge in [-0.25, -0.2) is 0 Å². The number of terminal acetylenes is 1. The molecule has 0 bridgehead atoms. The highest BCUT2D eigenvalue weighted by molar-refractivity contribution is 7.16. The van der Waals surface area contributed by atoms with Crippen LogP contribution in [0.25, 0.3) is 16.3 Å². The largest absolute Gasteiger partial charge is 0.305 e. The smallest absolute Gasteiger partial charge is 0.272 e. The topological polar surface area (TPSA) is 34.4 Å². The van der Waals surface area contributed by atoms with Crippen LogP contribution in [0.5, 0.6) is 0 Å². The summed E-state index contributed by atoms with van der Waals surface area (Å²) in [5.41, 5.74) is 1.86. The molecule has 0 aliphatic heterocycles. The van der Waals surface area contributed by atoms with Crippen LogP contribution >= 0.6 is 22.9 Å². The van der Waals surface area contributed by atoms with Crippen LogP contribution in [0.4, 0.5) is 0 Å². The maximum absolute atomic E-state index is 12.1. The van der Waals surface area contributed by atoms with Gasteiger partial charge in [-0.15, -0.1) is 6.42 Å². The van der Waals surface area contributed by atoms with E-state index in [9.17, 15) is 4.79 Å². The van der Waals surface area contributed by atoms with Crippen LogP contribution in [0.2, 0.25) is 5.02 Å². The highest BCUT2D eigenvalue weighted by atomic mass is 35.5. The number of aromatic nitrogens is 1. The van der Waals surface area contributed by atoms with Crippen molar-refractivity contribution in [1.29, 1.82) is 0 Å². The lowest BCUT2D eigenvalue weighted by molar-refractivity contribution is -0.113. The van der Waals surface area contributed by atoms with Gasteiger partial charge in [-0.3, -0.25) is 4.79 Å². The molecule has 3 rings (SSSR count). The van der Waals surface area contributed by atoms with E-state index in [1.54, 1.807) is 12.1 Å². The second kappa shape index (κ2) is 7.31. The number of hydrogen-bond acceptors (Lipinski definition) is 2. The van der Waals surface area contributed by atoms with Gasteiger partial charge in [0, 0.05) is 11.1 Å². The predicted octanol–water partition coefficient (Wildman–Crippen LogP) is 4.13. The van der Waals surface area contributed by atoms with Crippen molar-refractivity contribution in [2.45, 2.75) is 6.54 Å². The first-order valence-corrected chi connectivity index (χ1v) is 8.41. The lowest BCUT2D eigenvalue weighted by Gasteiger charge is -1.99. The average Bonchev–Trinajstić information content (AvgIpc) is 2.91. The Hall–Kier alpha value is -2.61. The molecule has 0 fully saturated rings. The highest BCUT2D eigenvalue weighted by Gasteiger charge is 2.07. The van der Waals surface area contributed by atoms with Crippen LogP contribution in [0, 0.1) is 12.3 Å². The molecular formula is C19H13ClN2OS. The van der Waals surface area contributed by atoms with Gasteiger partial charge in [0.15, 0.2) is 4.80 Å². The molecule has 2 aromatic carbocycles. The molecule has 3 aromatic rings. The molecule has 0 aliphatic carbocycles. The van der Waals surface area contributed by atoms with Gasteiger partial charge in [-0.1, -0.05) is 59.2 Å². The van der Waals surface area contributed by atoms with E-state index in [0.717, 1.165) is 15.8 Å². The standard InChI is InChI=1S/C19H13ClN2OS/c1-2-12-22-16-10-9-15(20)13-17(16)24-19(22)21-18(23)11-8-14-6-4-3-5-7-14/h1,3-11,13H,12H2/b11-8+,21-19?. The average molecular weight is 353 g/mol. The fraction of sp³-hybridized carbons (Fsp3) is 0.0526. The summed E-state index contributed by atoms with van der Waals surface area (Å²) in [6, 6.07) is 15.1. The van der Waals surface area contributed by atoms with Gasteiger partial charge in [0.2, 0.25) is 0 Å². The van der Waals surface area contributed by atoms with Crippen molar-refractivity contribution in [3.63, 3.8) is 0 Å². The van der Waals surface area contributed by atoms with Gasteiger partial charge in [0.1, 0.15) is 0 Å². The van der Waals surface area contributed by atoms with Crippen molar-refractivity contribution in [2.75, 3.05) is 0 Å². The van der Waals surface area contributed by atoms with Crippen LogP contribution in [-0.4, -0.2) is 10.5 Å². The van der Waals surface area contributed by atoms with Crippen LogP contribution in [-0.2, 0) is 11.3 Å². The number of rotatable bonds is 3. The Bertz CT molecular complexity index is 1020. The highest BCUT2D eigenvalue weighted by Crippen LogP contribution is 2.21. The van der Waals surface area contributed by atoms with Crippen molar-refractivity contribution in [1.82, 2.24) is 4.57 Å². The molecular weight excluding hydrogens is 340 g/mol. The number of benzene rings is 2. The summed E-state index contributed by atoms with van der Waals surface area (Å²) in [5, 5.41) is 0.637. The van der Waals surface area contributed by atoms with E-state index in [2.05, 4.69) is 10.9 Å². The Labute approximate surface area is 148 Å². The minimum Gasteiger partial charge on any atom is -0.305 e. The first-order chi connectivity index (χ1) is 11.7. The third-order valence-corrected chi connectivity index (χ3v) is 4.59. The fourth-order valence-corrected chi connectivity index (χ4v) is 3.55. The maximum Gasteiger partial charge on any atom is 0.272 e. The molecule has 0 aliphatic rings. The summed E-state index contributed by atoms with van der Waals surface area (Å²) in [7, 11) is 0. The molecule has 3 nitrogen and oxygen atoms in total. The van der Waals surface area contributed by atoms with E-state index in [4.69, 9.17) is 18.0 Å². The van der Waals surface area contributed by atoms with Crippen molar-refractivity contribution in [2.24, 2.45) is 4.99 Å². The molecule has 1 heterocycles. The predicted molar refractivity (Wildman–Crippen MR) is 99.7 cm³/mol. The van der Waals surface area contributed by atoms with Gasteiger partial charge in [-0.05, 0) is 29.8 Å². The van der Waals surface area contributed by atoms with E-state index in [0.29, 0.717) is 16.4 Å². The quantitative estimate of drug-likeness (QED) is 0.515. The first kappa shape index (κ1) is 16.3. The third kappa shape index (κ3) is 3.65. The molecule has 0 spiro atoms. The van der Waals surface area contributed by atoms with E-state index in [-0.39, 0.29) is 5.91 Å². The summed E-state index contributed by atoms with van der Waals surface area (Å²) in [6.45, 7) is 0.343. The Kier molecular flexibility index (Phi) is 4.95. The zero-order chi connectivity index (χ0) is 16.9. The van der Waals surface area contributed by atoms with Crippen LogP contribution < -0.4 is 4.80 Å². The third-order valence-electron chi connectivity index (χ3n) is 3.32. The van der Waals surface area contributed by atoms with Gasteiger partial charge in [0.25, 0.3) is 5.91 Å². The van der Waals surface area contributed by atoms with Crippen molar-refractivity contribution in [3.8, 4) is 12.3 Å². The van der Waals surface area contributed by atoms with Gasteiger partial charge < -0.3 is 4.57 Å². The van der Waals surface area contributed by atoms with Crippen molar-refractivity contribution >= 4 is 45.1 Å². The van der Waals surface area contributed by atoms with Gasteiger partial charge >= 0.3 is 0 Å². The minimum atomic E-state index is -0.331. The summed E-state index contributed by atoms with van der Waals surface area (Å²) in [5.74, 6) is 2.26. The minimum absolute atomic E-state index is 0.331. The second-order valence-electron chi connectivity index (χ2n) is 4.98. The van der Waals surface area contributed by atoms with Crippen LogP contribution in [0.15, 0.2) is 59.6 Å². The molecule has 0 saturated heterocycles. The van der Waals surface area contributed by atoms with Gasteiger partial charge in [0.05, 0.1) is 16.8 Å². The lowest BCUT2D eigenvalue weighted by Crippen LogP contribution is -2.15. The molecule has 5 heteroatoms. The van der Waals surface area contributed by atoms with Crippen molar-refractivity contribution < 1.29 is 4.79 Å². The number of carbonyl (C=O) groups excluding carboxylic acids is 1. The fourth-order valence-electron chi connectivity index (χ4n) is 2.24. The van der Waals surface area contributed by atoms with Crippen LogP contribution in [0.1, 0.15) is 5.56 Å².